The summed E-state index contributed by atoms with van der Waals surface area (Å²) in [6, 6.07) is 16.0. The number of nitrogens with zero attached hydrogens (tertiary/aromatic N) is 2. The third-order valence-electron chi connectivity index (χ3n) is 3.87. The van der Waals surface area contributed by atoms with Crippen molar-refractivity contribution in [3.8, 4) is 6.07 Å². The fraction of sp³-hybridized carbons (Fsp3) is 0.100. The quantitative estimate of drug-likeness (QED) is 0.594. The van der Waals surface area contributed by atoms with Crippen LogP contribution >= 0.6 is 23.5 Å². The van der Waals surface area contributed by atoms with Crippen molar-refractivity contribution in [2.75, 3.05) is 18.1 Å². The first-order valence-corrected chi connectivity index (χ1v) is 10.2. The van der Waals surface area contributed by atoms with E-state index in [4.69, 9.17) is 5.26 Å². The lowest BCUT2D eigenvalue weighted by atomic mass is 10.1. The Morgan fingerprint density at radius 3 is 2.68 bits per heavy atom. The fourth-order valence-electron chi connectivity index (χ4n) is 2.49. The Hall–Kier alpha value is -3.02. The lowest BCUT2D eigenvalue weighted by molar-refractivity contribution is -0.127. The van der Waals surface area contributed by atoms with Crippen LogP contribution in [0.3, 0.4) is 0 Å². The van der Waals surface area contributed by atoms with Crippen molar-refractivity contribution in [2.45, 2.75) is 4.90 Å². The molecular weight excluding hydrogens is 394 g/mol. The molecule has 0 aromatic heterocycles. The molecule has 1 fully saturated rings. The maximum Gasteiger partial charge on any atom is 0.294 e. The highest BCUT2D eigenvalue weighted by Crippen LogP contribution is 2.32. The van der Waals surface area contributed by atoms with Crippen molar-refractivity contribution in [2.24, 2.45) is 0 Å². The number of carbonyl (C=O) groups is 3. The van der Waals surface area contributed by atoms with Gasteiger partial charge in [0, 0.05) is 10.6 Å². The molecule has 8 heteroatoms. The predicted molar refractivity (Wildman–Crippen MR) is 111 cm³/mol. The molecule has 0 spiro atoms. The van der Waals surface area contributed by atoms with Crippen LogP contribution in [0.15, 0.2) is 58.3 Å². The second kappa shape index (κ2) is 8.78. The molecule has 3 rings (SSSR count). The summed E-state index contributed by atoms with van der Waals surface area (Å²) >= 11 is 2.34. The van der Waals surface area contributed by atoms with Gasteiger partial charge in [-0.05, 0) is 60.0 Å². The maximum atomic E-state index is 12.5. The molecule has 140 valence electrons. The summed E-state index contributed by atoms with van der Waals surface area (Å²) in [6.45, 7) is -0.348. The lowest BCUT2D eigenvalue weighted by Gasteiger charge is -2.12. The molecule has 6 nitrogen and oxygen atoms in total. The number of thioether (sulfide) groups is 2. The van der Waals surface area contributed by atoms with E-state index in [1.165, 1.54) is 0 Å². The molecule has 1 aliphatic heterocycles. The van der Waals surface area contributed by atoms with Gasteiger partial charge in [0.2, 0.25) is 5.91 Å². The number of carbonyl (C=O) groups excluding carboxylic acids is 3. The molecule has 0 aliphatic carbocycles. The molecule has 1 aliphatic rings. The van der Waals surface area contributed by atoms with E-state index in [1.54, 1.807) is 48.2 Å². The van der Waals surface area contributed by atoms with Crippen LogP contribution in [0.2, 0.25) is 0 Å². The van der Waals surface area contributed by atoms with Gasteiger partial charge in [-0.3, -0.25) is 19.3 Å². The zero-order valence-electron chi connectivity index (χ0n) is 14.8. The third-order valence-corrected chi connectivity index (χ3v) is 5.50. The zero-order valence-corrected chi connectivity index (χ0v) is 16.5. The van der Waals surface area contributed by atoms with Crippen LogP contribution in [-0.2, 0) is 9.59 Å². The number of hydrogen-bond acceptors (Lipinski definition) is 6. The van der Waals surface area contributed by atoms with Crippen LogP contribution in [0.25, 0.3) is 6.08 Å². The van der Waals surface area contributed by atoms with Gasteiger partial charge < -0.3 is 5.32 Å². The minimum atomic E-state index is -0.507. The second-order valence-electron chi connectivity index (χ2n) is 5.78. The molecule has 28 heavy (non-hydrogen) atoms. The monoisotopic (exact) mass is 409 g/mol. The highest BCUT2D eigenvalue weighted by Gasteiger charge is 2.36. The molecule has 0 radical (unpaired) electrons. The first-order valence-electron chi connectivity index (χ1n) is 8.19. The highest BCUT2D eigenvalue weighted by atomic mass is 32.2. The zero-order chi connectivity index (χ0) is 20.1. The Morgan fingerprint density at radius 2 is 2.00 bits per heavy atom. The van der Waals surface area contributed by atoms with Crippen LogP contribution in [0.5, 0.6) is 0 Å². The molecule has 0 unspecified atom stereocenters. The number of anilines is 1. The van der Waals surface area contributed by atoms with Gasteiger partial charge in [-0.15, -0.1) is 11.8 Å². The Balaban J connectivity index is 1.68. The van der Waals surface area contributed by atoms with Crippen molar-refractivity contribution < 1.29 is 14.4 Å². The van der Waals surface area contributed by atoms with E-state index in [2.05, 4.69) is 5.32 Å². The largest absolute Gasteiger partial charge is 0.324 e. The van der Waals surface area contributed by atoms with Crippen molar-refractivity contribution >= 4 is 52.3 Å². The summed E-state index contributed by atoms with van der Waals surface area (Å²) in [6.07, 6.45) is 3.51. The van der Waals surface area contributed by atoms with Crippen LogP contribution < -0.4 is 5.32 Å². The minimum Gasteiger partial charge on any atom is -0.324 e. The van der Waals surface area contributed by atoms with E-state index < -0.39 is 17.1 Å². The van der Waals surface area contributed by atoms with Gasteiger partial charge in [-0.2, -0.15) is 5.26 Å². The molecular formula is C20H15N3O3S2. The van der Waals surface area contributed by atoms with Crippen LogP contribution in [0, 0.1) is 11.3 Å². The Bertz CT molecular complexity index is 1010. The third kappa shape index (κ3) is 4.63. The number of hydrogen-bond donors (Lipinski definition) is 1. The van der Waals surface area contributed by atoms with Crippen molar-refractivity contribution in [1.29, 1.82) is 5.26 Å². The van der Waals surface area contributed by atoms with E-state index >= 15 is 0 Å². The second-order valence-corrected chi connectivity index (χ2v) is 7.65. The van der Waals surface area contributed by atoms with E-state index in [1.807, 2.05) is 30.5 Å². The van der Waals surface area contributed by atoms with Crippen molar-refractivity contribution in [1.82, 2.24) is 4.90 Å². The normalized spacial score (nSPS) is 15.0. The molecule has 1 heterocycles. The Labute approximate surface area is 170 Å². The summed E-state index contributed by atoms with van der Waals surface area (Å²) in [5.74, 6) is -0.951. The van der Waals surface area contributed by atoms with E-state index in [0.717, 1.165) is 21.6 Å². The molecule has 3 amide bonds. The molecule has 0 saturated carbocycles. The smallest absolute Gasteiger partial charge is 0.294 e. The van der Waals surface area contributed by atoms with Gasteiger partial charge >= 0.3 is 0 Å². The summed E-state index contributed by atoms with van der Waals surface area (Å²) in [5, 5.41) is 11.0. The molecule has 1 saturated heterocycles. The number of amides is 3. The SMILES string of the molecule is CSc1cccc(NC(=O)CN2C(=O)S/C(=C/c3ccc(C#N)cc3)C2=O)c1. The summed E-state index contributed by atoms with van der Waals surface area (Å²) in [5.41, 5.74) is 1.81. The van der Waals surface area contributed by atoms with Crippen LogP contribution in [0.1, 0.15) is 11.1 Å². The van der Waals surface area contributed by atoms with Crippen LogP contribution in [0.4, 0.5) is 10.5 Å². The van der Waals surface area contributed by atoms with Crippen LogP contribution in [-0.4, -0.2) is 34.8 Å². The van der Waals surface area contributed by atoms with E-state index in [0.29, 0.717) is 16.8 Å². The molecule has 2 aromatic rings. The van der Waals surface area contributed by atoms with Gasteiger partial charge in [0.05, 0.1) is 16.5 Å². The number of benzene rings is 2. The molecule has 0 bridgehead atoms. The average Bonchev–Trinajstić information content (AvgIpc) is 2.96. The predicted octanol–water partition coefficient (Wildman–Crippen LogP) is 3.96. The van der Waals surface area contributed by atoms with Gasteiger partial charge in [0.1, 0.15) is 6.54 Å². The summed E-state index contributed by atoms with van der Waals surface area (Å²) in [7, 11) is 0. The molecule has 0 atom stereocenters. The maximum absolute atomic E-state index is 12.5. The van der Waals surface area contributed by atoms with Crippen molar-refractivity contribution in [3.63, 3.8) is 0 Å². The highest BCUT2D eigenvalue weighted by molar-refractivity contribution is 8.18. The minimum absolute atomic E-state index is 0.242. The molecule has 1 N–H and O–H groups in total. The van der Waals surface area contributed by atoms with Gasteiger partial charge in [-0.25, -0.2) is 0 Å². The number of nitrogens with one attached hydrogen (secondary N) is 1. The first-order chi connectivity index (χ1) is 13.5. The molecule has 2 aromatic carbocycles. The van der Waals surface area contributed by atoms with E-state index in [-0.39, 0.29) is 11.4 Å². The van der Waals surface area contributed by atoms with Gasteiger partial charge in [0.15, 0.2) is 0 Å². The number of rotatable bonds is 5. The summed E-state index contributed by atoms with van der Waals surface area (Å²) in [4.78, 5) is 39.1. The average molecular weight is 409 g/mol. The summed E-state index contributed by atoms with van der Waals surface area (Å²) < 4.78 is 0. The first kappa shape index (κ1) is 19.7. The Kier molecular flexibility index (Phi) is 6.19. The number of imide groups is 1. The number of nitriles is 1. The van der Waals surface area contributed by atoms with Gasteiger partial charge in [0.25, 0.3) is 11.1 Å². The van der Waals surface area contributed by atoms with Gasteiger partial charge in [-0.1, -0.05) is 18.2 Å². The standard InChI is InChI=1S/C20H15N3O3S2/c1-27-16-4-2-3-15(10-16)22-18(24)12-23-19(25)17(28-20(23)26)9-13-5-7-14(11-21)8-6-13/h2-10H,12H2,1H3,(H,22,24)/b17-9+. The fourth-order valence-corrected chi connectivity index (χ4v) is 3.78. The van der Waals surface area contributed by atoms with E-state index in [9.17, 15) is 14.4 Å². The van der Waals surface area contributed by atoms with Crippen molar-refractivity contribution in [3.05, 3.63) is 64.6 Å². The topological polar surface area (TPSA) is 90.3 Å². The lowest BCUT2D eigenvalue weighted by Crippen LogP contribution is -2.36. The Morgan fingerprint density at radius 1 is 1.25 bits per heavy atom.